The van der Waals surface area contributed by atoms with Crippen molar-refractivity contribution in [1.82, 2.24) is 9.62 Å². The number of carbonyl (C=O) groups excluding carboxylic acids is 1. The lowest BCUT2D eigenvalue weighted by atomic mass is 10.1. The summed E-state index contributed by atoms with van der Waals surface area (Å²) in [5.74, 6) is -0.210. The van der Waals surface area contributed by atoms with E-state index in [9.17, 15) is 13.2 Å². The number of ether oxygens (including phenoxy) is 1. The van der Waals surface area contributed by atoms with Gasteiger partial charge in [-0.25, -0.2) is 8.42 Å². The Morgan fingerprint density at radius 1 is 1.23 bits per heavy atom. The molecule has 0 radical (unpaired) electrons. The van der Waals surface area contributed by atoms with Gasteiger partial charge in [-0.15, -0.1) is 0 Å². The first-order valence-electron chi connectivity index (χ1n) is 8.78. The summed E-state index contributed by atoms with van der Waals surface area (Å²) in [6.07, 6.45) is 0. The Kier molecular flexibility index (Phi) is 6.44. The molecule has 146 valence electrons. The summed E-state index contributed by atoms with van der Waals surface area (Å²) >= 11 is 0. The molecule has 0 spiro atoms. The number of nitrogens with one attached hydrogen (secondary N) is 2. The van der Waals surface area contributed by atoms with Gasteiger partial charge in [0, 0.05) is 24.3 Å². The maximum atomic E-state index is 12.9. The summed E-state index contributed by atoms with van der Waals surface area (Å²) in [4.78, 5) is 12.6. The molecule has 2 N–H and O–H groups in total. The van der Waals surface area contributed by atoms with E-state index in [2.05, 4.69) is 10.6 Å². The first-order valence-corrected chi connectivity index (χ1v) is 10.2. The molecule has 0 aliphatic carbocycles. The van der Waals surface area contributed by atoms with Crippen LogP contribution in [0, 0.1) is 6.92 Å². The SMILES string of the molecule is Cc1ccc(NC(=O)[C@@H](C)NC(C)(C)C)cc1S(=O)(=O)N1CCOCC1. The zero-order chi connectivity index (χ0) is 19.5. The van der Waals surface area contributed by atoms with Crippen LogP contribution in [-0.2, 0) is 19.6 Å². The molecule has 0 aromatic heterocycles. The summed E-state index contributed by atoms with van der Waals surface area (Å²) < 4.78 is 32.5. The fraction of sp³-hybridized carbons (Fsp3) is 0.611. The van der Waals surface area contributed by atoms with Crippen molar-refractivity contribution in [2.45, 2.75) is 51.1 Å². The third kappa shape index (κ3) is 5.26. The Morgan fingerprint density at radius 2 is 1.85 bits per heavy atom. The highest BCUT2D eigenvalue weighted by molar-refractivity contribution is 7.89. The van der Waals surface area contributed by atoms with E-state index in [4.69, 9.17) is 4.74 Å². The van der Waals surface area contributed by atoms with Gasteiger partial charge in [0.1, 0.15) is 0 Å². The summed E-state index contributed by atoms with van der Waals surface area (Å²) in [5, 5.41) is 5.99. The second kappa shape index (κ2) is 8.04. The van der Waals surface area contributed by atoms with Crippen molar-refractivity contribution in [2.24, 2.45) is 0 Å². The fourth-order valence-corrected chi connectivity index (χ4v) is 4.51. The molecule has 2 rings (SSSR count). The number of nitrogens with zero attached hydrogens (tertiary/aromatic N) is 1. The maximum absolute atomic E-state index is 12.9. The van der Waals surface area contributed by atoms with Gasteiger partial charge in [-0.2, -0.15) is 4.31 Å². The van der Waals surface area contributed by atoms with Gasteiger partial charge in [0.05, 0.1) is 24.2 Å². The molecule has 1 heterocycles. The van der Waals surface area contributed by atoms with Crippen LogP contribution in [0.5, 0.6) is 0 Å². The zero-order valence-corrected chi connectivity index (χ0v) is 16.9. The Morgan fingerprint density at radius 3 is 2.42 bits per heavy atom. The average molecular weight is 384 g/mol. The molecule has 8 heteroatoms. The van der Waals surface area contributed by atoms with Crippen LogP contribution in [0.4, 0.5) is 5.69 Å². The molecule has 1 atom stereocenters. The van der Waals surface area contributed by atoms with Crippen molar-refractivity contribution in [3.05, 3.63) is 23.8 Å². The number of anilines is 1. The lowest BCUT2D eigenvalue weighted by Crippen LogP contribution is -2.48. The molecular formula is C18H29N3O4S. The normalized spacial score (nSPS) is 17.7. The van der Waals surface area contributed by atoms with E-state index >= 15 is 0 Å². The number of rotatable bonds is 5. The minimum atomic E-state index is -3.61. The van der Waals surface area contributed by atoms with Gasteiger partial charge in [-0.05, 0) is 52.3 Å². The lowest BCUT2D eigenvalue weighted by molar-refractivity contribution is -0.118. The molecule has 1 aromatic carbocycles. The van der Waals surface area contributed by atoms with Gasteiger partial charge in [0.2, 0.25) is 15.9 Å². The molecule has 0 unspecified atom stereocenters. The van der Waals surface area contributed by atoms with E-state index in [1.807, 2.05) is 20.8 Å². The molecule has 0 saturated carbocycles. The van der Waals surface area contributed by atoms with E-state index in [-0.39, 0.29) is 16.3 Å². The molecule has 1 aliphatic heterocycles. The number of carbonyl (C=O) groups is 1. The Balaban J connectivity index is 2.20. The topological polar surface area (TPSA) is 87.7 Å². The van der Waals surface area contributed by atoms with Crippen LogP contribution in [0.2, 0.25) is 0 Å². The monoisotopic (exact) mass is 383 g/mol. The van der Waals surface area contributed by atoms with Crippen LogP contribution < -0.4 is 10.6 Å². The number of aryl methyl sites for hydroxylation is 1. The van der Waals surface area contributed by atoms with E-state index in [0.717, 1.165) is 0 Å². The van der Waals surface area contributed by atoms with Gasteiger partial charge >= 0.3 is 0 Å². The Bertz CT molecular complexity index is 750. The van der Waals surface area contributed by atoms with Crippen molar-refractivity contribution >= 4 is 21.6 Å². The Hall–Kier alpha value is -1.48. The minimum absolute atomic E-state index is 0.200. The van der Waals surface area contributed by atoms with Crippen molar-refractivity contribution in [3.8, 4) is 0 Å². The van der Waals surface area contributed by atoms with E-state index < -0.39 is 16.1 Å². The van der Waals surface area contributed by atoms with Gasteiger partial charge < -0.3 is 15.4 Å². The maximum Gasteiger partial charge on any atom is 0.243 e. The van der Waals surface area contributed by atoms with E-state index in [1.54, 1.807) is 26.0 Å². The van der Waals surface area contributed by atoms with Gasteiger partial charge in [0.15, 0.2) is 0 Å². The predicted molar refractivity (Wildman–Crippen MR) is 102 cm³/mol. The molecule has 1 aromatic rings. The van der Waals surface area contributed by atoms with Crippen molar-refractivity contribution in [2.75, 3.05) is 31.6 Å². The van der Waals surface area contributed by atoms with Gasteiger partial charge in [-0.3, -0.25) is 4.79 Å². The minimum Gasteiger partial charge on any atom is -0.379 e. The highest BCUT2D eigenvalue weighted by atomic mass is 32.2. The predicted octanol–water partition coefficient (Wildman–Crippen LogP) is 1.73. The molecule has 0 bridgehead atoms. The lowest BCUT2D eigenvalue weighted by Gasteiger charge is -2.27. The van der Waals surface area contributed by atoms with Crippen LogP contribution in [-0.4, -0.2) is 56.5 Å². The quantitative estimate of drug-likeness (QED) is 0.809. The van der Waals surface area contributed by atoms with Crippen molar-refractivity contribution < 1.29 is 17.9 Å². The summed E-state index contributed by atoms with van der Waals surface area (Å²) in [6, 6.07) is 4.55. The van der Waals surface area contributed by atoms with Crippen LogP contribution in [0.15, 0.2) is 23.1 Å². The number of benzene rings is 1. The van der Waals surface area contributed by atoms with Crippen LogP contribution in [0.1, 0.15) is 33.3 Å². The molecule has 1 amide bonds. The first kappa shape index (κ1) is 20.8. The molecule has 1 aliphatic rings. The van der Waals surface area contributed by atoms with Crippen LogP contribution >= 0.6 is 0 Å². The third-order valence-electron chi connectivity index (χ3n) is 4.09. The molecule has 26 heavy (non-hydrogen) atoms. The summed E-state index contributed by atoms with van der Waals surface area (Å²) in [7, 11) is -3.61. The van der Waals surface area contributed by atoms with Gasteiger partial charge in [0.25, 0.3) is 0 Å². The van der Waals surface area contributed by atoms with E-state index in [0.29, 0.717) is 37.6 Å². The standard InChI is InChI=1S/C18H29N3O4S/c1-13-6-7-15(19-17(22)14(2)20-18(3,4)5)12-16(13)26(23,24)21-8-10-25-11-9-21/h6-7,12,14,20H,8-11H2,1-5H3,(H,19,22)/t14-/m1/s1. The van der Waals surface area contributed by atoms with Gasteiger partial charge in [-0.1, -0.05) is 6.07 Å². The third-order valence-corrected chi connectivity index (χ3v) is 6.13. The molecule has 1 saturated heterocycles. The smallest absolute Gasteiger partial charge is 0.243 e. The number of morpholine rings is 1. The number of sulfonamides is 1. The van der Waals surface area contributed by atoms with E-state index in [1.165, 1.54) is 10.4 Å². The average Bonchev–Trinajstić information content (AvgIpc) is 2.55. The molecular weight excluding hydrogens is 354 g/mol. The number of hydrogen-bond acceptors (Lipinski definition) is 5. The van der Waals surface area contributed by atoms with Crippen LogP contribution in [0.25, 0.3) is 0 Å². The molecule has 1 fully saturated rings. The first-order chi connectivity index (χ1) is 12.0. The van der Waals surface area contributed by atoms with Crippen molar-refractivity contribution in [1.29, 1.82) is 0 Å². The number of hydrogen-bond donors (Lipinski definition) is 2. The zero-order valence-electron chi connectivity index (χ0n) is 16.1. The summed E-state index contributed by atoms with van der Waals surface area (Å²) in [6.45, 7) is 10.9. The Labute approximate surface area is 156 Å². The highest BCUT2D eigenvalue weighted by Crippen LogP contribution is 2.24. The highest BCUT2D eigenvalue weighted by Gasteiger charge is 2.28. The largest absolute Gasteiger partial charge is 0.379 e. The van der Waals surface area contributed by atoms with Crippen molar-refractivity contribution in [3.63, 3.8) is 0 Å². The second-order valence-electron chi connectivity index (χ2n) is 7.60. The summed E-state index contributed by atoms with van der Waals surface area (Å²) in [5.41, 5.74) is 0.917. The van der Waals surface area contributed by atoms with Crippen LogP contribution in [0.3, 0.4) is 0 Å². The fourth-order valence-electron chi connectivity index (χ4n) is 2.85. The number of amides is 1. The second-order valence-corrected chi connectivity index (χ2v) is 9.51. The molecule has 7 nitrogen and oxygen atoms in total.